The maximum absolute atomic E-state index is 12.0. The first-order chi connectivity index (χ1) is 9.81. The summed E-state index contributed by atoms with van der Waals surface area (Å²) in [5.41, 5.74) is 0. The highest BCUT2D eigenvalue weighted by Gasteiger charge is 2.32. The second-order valence-corrected chi connectivity index (χ2v) is 6.26. The van der Waals surface area contributed by atoms with Crippen molar-refractivity contribution < 1.29 is 19.5 Å². The van der Waals surface area contributed by atoms with E-state index in [-0.39, 0.29) is 30.2 Å². The lowest BCUT2D eigenvalue weighted by Gasteiger charge is -2.35. The number of carboxylic acids is 1. The Morgan fingerprint density at radius 1 is 1.33 bits per heavy atom. The SMILES string of the molecule is CC(C)CCC(=O)NCC(=O)N1CCC(C(=O)O)C(C)C1. The Kier molecular flexibility index (Phi) is 6.65. The molecular weight excluding hydrogens is 272 g/mol. The van der Waals surface area contributed by atoms with Crippen LogP contribution in [0.25, 0.3) is 0 Å². The number of hydrogen-bond acceptors (Lipinski definition) is 3. The molecule has 21 heavy (non-hydrogen) atoms. The molecule has 0 bridgehead atoms. The molecule has 1 aliphatic rings. The first kappa shape index (κ1) is 17.5. The lowest BCUT2D eigenvalue weighted by atomic mass is 9.87. The van der Waals surface area contributed by atoms with Crippen molar-refractivity contribution in [2.75, 3.05) is 19.6 Å². The summed E-state index contributed by atoms with van der Waals surface area (Å²) >= 11 is 0. The van der Waals surface area contributed by atoms with Crippen molar-refractivity contribution in [2.24, 2.45) is 17.8 Å². The largest absolute Gasteiger partial charge is 0.481 e. The highest BCUT2D eigenvalue weighted by Crippen LogP contribution is 2.23. The molecule has 6 nitrogen and oxygen atoms in total. The van der Waals surface area contributed by atoms with Crippen molar-refractivity contribution >= 4 is 17.8 Å². The van der Waals surface area contributed by atoms with Gasteiger partial charge in [0.05, 0.1) is 12.5 Å². The van der Waals surface area contributed by atoms with Crippen LogP contribution in [0.5, 0.6) is 0 Å². The van der Waals surface area contributed by atoms with Crippen molar-refractivity contribution in [1.82, 2.24) is 10.2 Å². The summed E-state index contributed by atoms with van der Waals surface area (Å²) in [5, 5.41) is 11.7. The molecule has 0 aromatic rings. The molecule has 2 N–H and O–H groups in total. The number of nitrogens with zero attached hydrogens (tertiary/aromatic N) is 1. The van der Waals surface area contributed by atoms with Crippen LogP contribution >= 0.6 is 0 Å². The number of amides is 2. The second kappa shape index (κ2) is 8.00. The standard InChI is InChI=1S/C15H26N2O4/c1-10(2)4-5-13(18)16-8-14(19)17-7-6-12(15(20)21)11(3)9-17/h10-12H,4-9H2,1-3H3,(H,16,18)(H,20,21). The van der Waals surface area contributed by atoms with Gasteiger partial charge < -0.3 is 15.3 Å². The third-order valence-electron chi connectivity index (χ3n) is 3.96. The van der Waals surface area contributed by atoms with E-state index in [0.717, 1.165) is 6.42 Å². The van der Waals surface area contributed by atoms with E-state index in [2.05, 4.69) is 5.32 Å². The van der Waals surface area contributed by atoms with E-state index < -0.39 is 5.97 Å². The zero-order valence-electron chi connectivity index (χ0n) is 13.1. The van der Waals surface area contributed by atoms with Crippen LogP contribution in [0.2, 0.25) is 0 Å². The van der Waals surface area contributed by atoms with Gasteiger partial charge in [0.25, 0.3) is 0 Å². The van der Waals surface area contributed by atoms with Gasteiger partial charge in [0, 0.05) is 19.5 Å². The van der Waals surface area contributed by atoms with E-state index in [4.69, 9.17) is 5.11 Å². The van der Waals surface area contributed by atoms with Crippen LogP contribution in [-0.4, -0.2) is 47.4 Å². The molecule has 1 fully saturated rings. The first-order valence-corrected chi connectivity index (χ1v) is 7.58. The molecule has 0 radical (unpaired) electrons. The van der Waals surface area contributed by atoms with Crippen LogP contribution in [0.4, 0.5) is 0 Å². The van der Waals surface area contributed by atoms with Crippen molar-refractivity contribution in [3.05, 3.63) is 0 Å². The zero-order valence-corrected chi connectivity index (χ0v) is 13.1. The second-order valence-electron chi connectivity index (χ2n) is 6.26. The van der Waals surface area contributed by atoms with Crippen molar-refractivity contribution in [3.8, 4) is 0 Å². The summed E-state index contributed by atoms with van der Waals surface area (Å²) < 4.78 is 0. The summed E-state index contributed by atoms with van der Waals surface area (Å²) in [7, 11) is 0. The molecule has 0 aliphatic carbocycles. The van der Waals surface area contributed by atoms with Crippen LogP contribution in [0.1, 0.15) is 40.0 Å². The van der Waals surface area contributed by atoms with E-state index >= 15 is 0 Å². The molecule has 0 aromatic heterocycles. The number of rotatable bonds is 6. The first-order valence-electron chi connectivity index (χ1n) is 7.58. The lowest BCUT2D eigenvalue weighted by Crippen LogP contribution is -2.48. The molecule has 0 saturated carbocycles. The van der Waals surface area contributed by atoms with Gasteiger partial charge in [-0.25, -0.2) is 0 Å². The maximum Gasteiger partial charge on any atom is 0.306 e. The Bertz CT molecular complexity index is 395. The van der Waals surface area contributed by atoms with Crippen molar-refractivity contribution in [2.45, 2.75) is 40.0 Å². The number of carbonyl (C=O) groups is 3. The lowest BCUT2D eigenvalue weighted by molar-refractivity contribution is -0.148. The van der Waals surface area contributed by atoms with E-state index in [1.165, 1.54) is 0 Å². The van der Waals surface area contributed by atoms with Crippen LogP contribution in [0.15, 0.2) is 0 Å². The van der Waals surface area contributed by atoms with Gasteiger partial charge in [-0.05, 0) is 24.7 Å². The molecule has 2 unspecified atom stereocenters. The smallest absolute Gasteiger partial charge is 0.306 e. The Morgan fingerprint density at radius 2 is 2.00 bits per heavy atom. The Morgan fingerprint density at radius 3 is 2.52 bits per heavy atom. The molecule has 0 spiro atoms. The van der Waals surface area contributed by atoms with E-state index in [1.54, 1.807) is 4.90 Å². The van der Waals surface area contributed by atoms with Crippen LogP contribution in [-0.2, 0) is 14.4 Å². The number of likely N-dealkylation sites (tertiary alicyclic amines) is 1. The van der Waals surface area contributed by atoms with Gasteiger partial charge in [0.1, 0.15) is 0 Å². The quantitative estimate of drug-likeness (QED) is 0.769. The molecule has 1 aliphatic heterocycles. The minimum Gasteiger partial charge on any atom is -0.481 e. The third kappa shape index (κ3) is 5.73. The predicted molar refractivity (Wildman–Crippen MR) is 78.6 cm³/mol. The summed E-state index contributed by atoms with van der Waals surface area (Å²) in [5.74, 6) is -1.01. The molecule has 1 rings (SSSR count). The maximum atomic E-state index is 12.0. The number of carbonyl (C=O) groups excluding carboxylic acids is 2. The van der Waals surface area contributed by atoms with Gasteiger partial charge >= 0.3 is 5.97 Å². The number of piperidine rings is 1. The third-order valence-corrected chi connectivity index (χ3v) is 3.96. The summed E-state index contributed by atoms with van der Waals surface area (Å²) in [6, 6.07) is 0. The van der Waals surface area contributed by atoms with Crippen LogP contribution < -0.4 is 5.32 Å². The van der Waals surface area contributed by atoms with Crippen LogP contribution in [0, 0.1) is 17.8 Å². The molecule has 0 aromatic carbocycles. The summed E-state index contributed by atoms with van der Waals surface area (Å²) in [6.45, 7) is 6.83. The number of carboxylic acid groups (broad SMARTS) is 1. The number of aliphatic carboxylic acids is 1. The molecule has 1 heterocycles. The normalized spacial score (nSPS) is 22.2. The van der Waals surface area contributed by atoms with Crippen molar-refractivity contribution in [1.29, 1.82) is 0 Å². The van der Waals surface area contributed by atoms with E-state index in [9.17, 15) is 14.4 Å². The molecular formula is C15H26N2O4. The average Bonchev–Trinajstić information content (AvgIpc) is 2.41. The minimum atomic E-state index is -0.795. The predicted octanol–water partition coefficient (Wildman–Crippen LogP) is 1.11. The Labute approximate surface area is 125 Å². The molecule has 2 atom stereocenters. The average molecular weight is 298 g/mol. The van der Waals surface area contributed by atoms with Gasteiger partial charge in [-0.2, -0.15) is 0 Å². The number of hydrogen-bond donors (Lipinski definition) is 2. The van der Waals surface area contributed by atoms with Gasteiger partial charge in [-0.3, -0.25) is 14.4 Å². The highest BCUT2D eigenvalue weighted by atomic mass is 16.4. The zero-order chi connectivity index (χ0) is 16.0. The molecule has 1 saturated heterocycles. The Balaban J connectivity index is 2.33. The van der Waals surface area contributed by atoms with Gasteiger partial charge in [0.15, 0.2) is 0 Å². The van der Waals surface area contributed by atoms with Crippen molar-refractivity contribution in [3.63, 3.8) is 0 Å². The Hall–Kier alpha value is -1.59. The fourth-order valence-electron chi connectivity index (χ4n) is 2.53. The highest BCUT2D eigenvalue weighted by molar-refractivity contribution is 5.85. The van der Waals surface area contributed by atoms with Gasteiger partial charge in [-0.1, -0.05) is 20.8 Å². The minimum absolute atomic E-state index is 0.00138. The number of nitrogens with one attached hydrogen (secondary N) is 1. The summed E-state index contributed by atoms with van der Waals surface area (Å²) in [4.78, 5) is 36.3. The van der Waals surface area contributed by atoms with Crippen LogP contribution in [0.3, 0.4) is 0 Å². The fraction of sp³-hybridized carbons (Fsp3) is 0.800. The molecule has 120 valence electrons. The topological polar surface area (TPSA) is 86.7 Å². The fourth-order valence-corrected chi connectivity index (χ4v) is 2.53. The molecule has 6 heteroatoms. The van der Waals surface area contributed by atoms with Gasteiger partial charge in [-0.15, -0.1) is 0 Å². The van der Waals surface area contributed by atoms with E-state index in [1.807, 2.05) is 20.8 Å². The van der Waals surface area contributed by atoms with E-state index in [0.29, 0.717) is 31.8 Å². The summed E-state index contributed by atoms with van der Waals surface area (Å²) in [6.07, 6.45) is 1.72. The molecule has 2 amide bonds. The van der Waals surface area contributed by atoms with Gasteiger partial charge in [0.2, 0.25) is 11.8 Å². The monoisotopic (exact) mass is 298 g/mol.